The van der Waals surface area contributed by atoms with Crippen LogP contribution in [0.25, 0.3) is 11.3 Å². The Kier molecular flexibility index (Phi) is 9.38. The van der Waals surface area contributed by atoms with E-state index in [-0.39, 0.29) is 11.9 Å². The van der Waals surface area contributed by atoms with Gasteiger partial charge in [0.05, 0.1) is 18.9 Å². The van der Waals surface area contributed by atoms with E-state index in [9.17, 15) is 4.79 Å². The van der Waals surface area contributed by atoms with Gasteiger partial charge in [-0.3, -0.25) is 10.2 Å². The number of anilines is 1. The summed E-state index contributed by atoms with van der Waals surface area (Å²) in [6, 6.07) is 29.1. The molecule has 5 rings (SSSR count). The van der Waals surface area contributed by atoms with Crippen LogP contribution in [0, 0.1) is 6.92 Å². The molecule has 1 saturated heterocycles. The summed E-state index contributed by atoms with van der Waals surface area (Å²) in [7, 11) is 0. The number of nitrogens with one attached hydrogen (secondary N) is 1. The van der Waals surface area contributed by atoms with Gasteiger partial charge >= 0.3 is 6.03 Å². The number of thiazole rings is 1. The van der Waals surface area contributed by atoms with E-state index in [1.807, 2.05) is 40.6 Å². The van der Waals surface area contributed by atoms with Gasteiger partial charge in [-0.1, -0.05) is 84.9 Å². The Morgan fingerprint density at radius 1 is 0.974 bits per heavy atom. The van der Waals surface area contributed by atoms with Crippen LogP contribution in [0.4, 0.5) is 9.93 Å². The van der Waals surface area contributed by atoms with E-state index in [0.717, 1.165) is 50.5 Å². The van der Waals surface area contributed by atoms with E-state index in [1.165, 1.54) is 28.0 Å². The number of hydrogen-bond acceptors (Lipinski definition) is 5. The summed E-state index contributed by atoms with van der Waals surface area (Å²) in [5, 5.41) is 5.70. The highest BCUT2D eigenvalue weighted by molar-refractivity contribution is 7.14. The molecule has 1 aromatic heterocycles. The van der Waals surface area contributed by atoms with Crippen molar-refractivity contribution in [3.8, 4) is 11.3 Å². The molecule has 1 N–H and O–H groups in total. The fraction of sp³-hybridized carbons (Fsp3) is 0.312. The molecule has 1 fully saturated rings. The Balaban J connectivity index is 1.32. The molecule has 4 aromatic rings. The molecule has 0 saturated carbocycles. The number of rotatable bonds is 10. The number of hydrogen-bond donors (Lipinski definition) is 1. The quantitative estimate of drug-likeness (QED) is 0.249. The minimum absolute atomic E-state index is 0.103. The van der Waals surface area contributed by atoms with Gasteiger partial charge in [-0.15, -0.1) is 11.3 Å². The van der Waals surface area contributed by atoms with E-state index < -0.39 is 0 Å². The molecule has 0 bridgehead atoms. The molecule has 202 valence electrons. The smallest absolute Gasteiger partial charge is 0.323 e. The first-order chi connectivity index (χ1) is 19.2. The van der Waals surface area contributed by atoms with Gasteiger partial charge in [0.25, 0.3) is 0 Å². The second-order valence-corrected chi connectivity index (χ2v) is 10.7. The number of amides is 2. The van der Waals surface area contributed by atoms with Crippen molar-refractivity contribution in [3.63, 3.8) is 0 Å². The van der Waals surface area contributed by atoms with Crippen LogP contribution in [0.15, 0.2) is 90.3 Å². The zero-order valence-corrected chi connectivity index (χ0v) is 23.3. The van der Waals surface area contributed by atoms with Crippen molar-refractivity contribution in [2.24, 2.45) is 0 Å². The third-order valence-electron chi connectivity index (χ3n) is 7.32. The summed E-state index contributed by atoms with van der Waals surface area (Å²) >= 11 is 1.46. The zero-order chi connectivity index (χ0) is 26.9. The first-order valence-electron chi connectivity index (χ1n) is 13.6. The Morgan fingerprint density at radius 2 is 1.67 bits per heavy atom. The number of aromatic nitrogens is 1. The fourth-order valence-corrected chi connectivity index (χ4v) is 5.80. The summed E-state index contributed by atoms with van der Waals surface area (Å²) in [6.45, 7) is 7.58. The highest BCUT2D eigenvalue weighted by Crippen LogP contribution is 2.31. The summed E-state index contributed by atoms with van der Waals surface area (Å²) in [5.74, 6) is 0.204. The van der Waals surface area contributed by atoms with Gasteiger partial charge in [0.1, 0.15) is 0 Å². The molecule has 6 nitrogen and oxygen atoms in total. The molecule has 1 aliphatic heterocycles. The van der Waals surface area contributed by atoms with Crippen molar-refractivity contribution >= 4 is 22.5 Å². The second kappa shape index (κ2) is 13.5. The van der Waals surface area contributed by atoms with Crippen molar-refractivity contribution in [3.05, 3.63) is 107 Å². The first-order valence-corrected chi connectivity index (χ1v) is 14.5. The van der Waals surface area contributed by atoms with Crippen LogP contribution in [0.2, 0.25) is 0 Å². The number of carbonyl (C=O) groups excluding carboxylic acids is 1. The minimum atomic E-state index is -0.103. The summed E-state index contributed by atoms with van der Waals surface area (Å²) in [5.41, 5.74) is 5.77. The predicted molar refractivity (Wildman–Crippen MR) is 159 cm³/mol. The Labute approximate surface area is 235 Å². The maximum atomic E-state index is 13.6. The van der Waals surface area contributed by atoms with E-state index in [0.29, 0.717) is 18.2 Å². The molecule has 1 atom stereocenters. The largest absolute Gasteiger partial charge is 0.379 e. The molecule has 3 aromatic carbocycles. The van der Waals surface area contributed by atoms with Crippen LogP contribution in [-0.2, 0) is 4.74 Å². The molecule has 39 heavy (non-hydrogen) atoms. The minimum Gasteiger partial charge on any atom is -0.379 e. The molecule has 2 heterocycles. The van der Waals surface area contributed by atoms with Crippen molar-refractivity contribution in [1.82, 2.24) is 14.8 Å². The SMILES string of the molecule is Cc1ccccc1C(CCN(CCN1CCOCC1)C(=O)Nc1nc(-c2ccccc2)cs1)c1ccccc1. The molecule has 0 radical (unpaired) electrons. The lowest BCUT2D eigenvalue weighted by molar-refractivity contribution is 0.0351. The molecular formula is C32H36N4O2S. The van der Waals surface area contributed by atoms with Crippen molar-refractivity contribution in [2.75, 3.05) is 51.3 Å². The van der Waals surface area contributed by atoms with E-state index in [2.05, 4.69) is 76.7 Å². The lowest BCUT2D eigenvalue weighted by atomic mass is 9.86. The topological polar surface area (TPSA) is 57.7 Å². The molecule has 0 spiro atoms. The van der Waals surface area contributed by atoms with E-state index in [4.69, 9.17) is 4.74 Å². The van der Waals surface area contributed by atoms with Gasteiger partial charge < -0.3 is 9.64 Å². The molecule has 1 unspecified atom stereocenters. The number of carbonyl (C=O) groups is 1. The lowest BCUT2D eigenvalue weighted by Gasteiger charge is -2.31. The van der Waals surface area contributed by atoms with Crippen molar-refractivity contribution in [2.45, 2.75) is 19.3 Å². The van der Waals surface area contributed by atoms with Gasteiger partial charge in [0.2, 0.25) is 0 Å². The van der Waals surface area contributed by atoms with Crippen LogP contribution in [0.1, 0.15) is 29.0 Å². The average molecular weight is 541 g/mol. The average Bonchev–Trinajstić information content (AvgIpc) is 3.45. The number of ether oxygens (including phenoxy) is 1. The van der Waals surface area contributed by atoms with Crippen LogP contribution in [0.5, 0.6) is 0 Å². The number of urea groups is 1. The summed E-state index contributed by atoms with van der Waals surface area (Å²) in [4.78, 5) is 22.6. The number of aryl methyl sites for hydroxylation is 1. The number of nitrogens with zero attached hydrogens (tertiary/aromatic N) is 3. The monoisotopic (exact) mass is 540 g/mol. The van der Waals surface area contributed by atoms with Gasteiger partial charge in [-0.25, -0.2) is 9.78 Å². The molecule has 7 heteroatoms. The normalized spacial score (nSPS) is 14.6. The highest BCUT2D eigenvalue weighted by Gasteiger charge is 2.22. The van der Waals surface area contributed by atoms with E-state index in [1.54, 1.807) is 0 Å². The van der Waals surface area contributed by atoms with Crippen molar-refractivity contribution in [1.29, 1.82) is 0 Å². The van der Waals surface area contributed by atoms with Gasteiger partial charge in [0.15, 0.2) is 5.13 Å². The number of morpholine rings is 1. The summed E-state index contributed by atoms with van der Waals surface area (Å²) < 4.78 is 5.52. The van der Waals surface area contributed by atoms with Crippen molar-refractivity contribution < 1.29 is 9.53 Å². The van der Waals surface area contributed by atoms with Crippen LogP contribution >= 0.6 is 11.3 Å². The van der Waals surface area contributed by atoms with Gasteiger partial charge in [0, 0.05) is 49.6 Å². The third kappa shape index (κ3) is 7.32. The lowest BCUT2D eigenvalue weighted by Crippen LogP contribution is -2.44. The molecule has 0 aliphatic carbocycles. The summed E-state index contributed by atoms with van der Waals surface area (Å²) in [6.07, 6.45) is 0.832. The maximum Gasteiger partial charge on any atom is 0.323 e. The van der Waals surface area contributed by atoms with E-state index >= 15 is 0 Å². The maximum absolute atomic E-state index is 13.6. The molecule has 2 amide bonds. The Bertz CT molecular complexity index is 1320. The van der Waals surface area contributed by atoms with Gasteiger partial charge in [-0.2, -0.15) is 0 Å². The first kappa shape index (κ1) is 27.1. The standard InChI is InChI=1S/C32H36N4O2S/c1-25-10-8-9-15-28(25)29(26-11-4-2-5-12-26)16-17-36(19-18-35-20-22-38-23-21-35)32(37)34-31-33-30(24-39-31)27-13-6-3-7-14-27/h2-15,24,29H,16-23H2,1H3,(H,33,34,37). The zero-order valence-electron chi connectivity index (χ0n) is 22.5. The highest BCUT2D eigenvalue weighted by atomic mass is 32.1. The number of benzene rings is 3. The molecule has 1 aliphatic rings. The van der Waals surface area contributed by atoms with Crippen LogP contribution < -0.4 is 5.32 Å². The van der Waals surface area contributed by atoms with Crippen LogP contribution in [0.3, 0.4) is 0 Å². The van der Waals surface area contributed by atoms with Crippen LogP contribution in [-0.4, -0.2) is 66.8 Å². The second-order valence-electron chi connectivity index (χ2n) is 9.88. The Morgan fingerprint density at radius 3 is 2.41 bits per heavy atom. The van der Waals surface area contributed by atoms with Gasteiger partial charge in [-0.05, 0) is 30.0 Å². The Hall–Kier alpha value is -3.52. The fourth-order valence-electron chi connectivity index (χ4n) is 5.09. The third-order valence-corrected chi connectivity index (χ3v) is 8.08. The molecular weight excluding hydrogens is 504 g/mol. The predicted octanol–water partition coefficient (Wildman–Crippen LogP) is 6.51.